The summed E-state index contributed by atoms with van der Waals surface area (Å²) >= 11 is 11.8. The van der Waals surface area contributed by atoms with Crippen molar-refractivity contribution in [2.45, 2.75) is 13.8 Å². The van der Waals surface area contributed by atoms with Crippen molar-refractivity contribution in [1.29, 1.82) is 0 Å². The van der Waals surface area contributed by atoms with Crippen LogP contribution in [0.3, 0.4) is 0 Å². The average Bonchev–Trinajstić information content (AvgIpc) is 2.42. The zero-order valence-corrected chi connectivity index (χ0v) is 13.3. The van der Waals surface area contributed by atoms with Crippen LogP contribution in [0.5, 0.6) is 0 Å². The fourth-order valence-electron chi connectivity index (χ4n) is 1.92. The number of para-hydroxylation sites is 1. The first kappa shape index (κ1) is 15.5. The van der Waals surface area contributed by atoms with E-state index in [4.69, 9.17) is 23.2 Å². The molecule has 7 heteroatoms. The Morgan fingerprint density at radius 2 is 2.05 bits per heavy atom. The molecule has 0 aliphatic rings. The first-order valence-electron chi connectivity index (χ1n) is 6.19. The highest BCUT2D eigenvalue weighted by Gasteiger charge is 2.15. The Balaban J connectivity index is 2.47. The van der Waals surface area contributed by atoms with E-state index < -0.39 is 0 Å². The third-order valence-corrected chi connectivity index (χ3v) is 3.47. The van der Waals surface area contributed by atoms with Crippen molar-refractivity contribution < 1.29 is 4.79 Å². The fraction of sp³-hybridized carbons (Fsp3) is 0.214. The van der Waals surface area contributed by atoms with Crippen LogP contribution in [0.1, 0.15) is 12.5 Å². The van der Waals surface area contributed by atoms with Gasteiger partial charge in [0.15, 0.2) is 5.82 Å². The van der Waals surface area contributed by atoms with Gasteiger partial charge in [0.2, 0.25) is 11.2 Å². The number of halogens is 2. The van der Waals surface area contributed by atoms with Gasteiger partial charge in [0, 0.05) is 14.0 Å². The molecule has 1 N–H and O–H groups in total. The number of hydrogen-bond donors (Lipinski definition) is 1. The first-order valence-corrected chi connectivity index (χ1v) is 6.94. The van der Waals surface area contributed by atoms with Gasteiger partial charge in [0.1, 0.15) is 5.02 Å². The summed E-state index contributed by atoms with van der Waals surface area (Å²) in [6, 6.07) is 5.65. The number of benzene rings is 1. The van der Waals surface area contributed by atoms with Crippen LogP contribution in [0, 0.1) is 6.92 Å². The highest BCUT2D eigenvalue weighted by atomic mass is 35.5. The van der Waals surface area contributed by atoms with E-state index in [1.165, 1.54) is 13.1 Å². The average molecular weight is 325 g/mol. The lowest BCUT2D eigenvalue weighted by molar-refractivity contribution is -0.116. The third-order valence-electron chi connectivity index (χ3n) is 3.01. The summed E-state index contributed by atoms with van der Waals surface area (Å²) in [5.41, 5.74) is 2.43. The number of hydrogen-bond acceptors (Lipinski definition) is 4. The first-order chi connectivity index (χ1) is 9.90. The van der Waals surface area contributed by atoms with Crippen molar-refractivity contribution in [3.8, 4) is 0 Å². The Bertz CT molecular complexity index is 691. The summed E-state index contributed by atoms with van der Waals surface area (Å²) < 4.78 is 0. The fourth-order valence-corrected chi connectivity index (χ4v) is 2.19. The van der Waals surface area contributed by atoms with E-state index in [-0.39, 0.29) is 11.2 Å². The normalized spacial score (nSPS) is 10.3. The Hall–Kier alpha value is -1.85. The summed E-state index contributed by atoms with van der Waals surface area (Å²) in [6.07, 6.45) is 1.42. The molecule has 0 fully saturated rings. The zero-order valence-electron chi connectivity index (χ0n) is 11.8. The van der Waals surface area contributed by atoms with Gasteiger partial charge < -0.3 is 10.2 Å². The molecule has 0 spiro atoms. The number of carbonyl (C=O) groups excluding carboxylic acids is 1. The van der Waals surface area contributed by atoms with Crippen LogP contribution in [-0.4, -0.2) is 22.9 Å². The van der Waals surface area contributed by atoms with Crippen LogP contribution in [0.2, 0.25) is 10.3 Å². The maximum Gasteiger partial charge on any atom is 0.224 e. The highest BCUT2D eigenvalue weighted by molar-refractivity contribution is 6.33. The number of aromatic nitrogens is 2. The molecule has 0 aliphatic carbocycles. The summed E-state index contributed by atoms with van der Waals surface area (Å²) in [5.74, 6) is 0.319. The van der Waals surface area contributed by atoms with Crippen LogP contribution in [0.25, 0.3) is 0 Å². The molecule has 1 aromatic heterocycles. The second-order valence-electron chi connectivity index (χ2n) is 4.51. The van der Waals surface area contributed by atoms with Gasteiger partial charge in [-0.1, -0.05) is 23.7 Å². The maximum absolute atomic E-state index is 11.6. The largest absolute Gasteiger partial charge is 0.337 e. The molecule has 0 saturated carbocycles. The number of aryl methyl sites for hydroxylation is 1. The van der Waals surface area contributed by atoms with Crippen LogP contribution in [-0.2, 0) is 4.79 Å². The molecular formula is C14H14Cl2N4O. The predicted molar refractivity (Wildman–Crippen MR) is 85.6 cm³/mol. The molecule has 5 nitrogen and oxygen atoms in total. The number of rotatable bonds is 3. The van der Waals surface area contributed by atoms with Gasteiger partial charge in [-0.3, -0.25) is 4.79 Å². The van der Waals surface area contributed by atoms with Crippen molar-refractivity contribution >= 4 is 46.3 Å². The Morgan fingerprint density at radius 3 is 2.71 bits per heavy atom. The van der Waals surface area contributed by atoms with Gasteiger partial charge in [-0.05, 0) is 30.2 Å². The smallest absolute Gasteiger partial charge is 0.224 e. The molecule has 0 atom stereocenters. The van der Waals surface area contributed by atoms with Crippen LogP contribution in [0.15, 0.2) is 24.4 Å². The van der Waals surface area contributed by atoms with Crippen LogP contribution >= 0.6 is 23.2 Å². The minimum atomic E-state index is -0.0702. The molecule has 2 rings (SSSR count). The van der Waals surface area contributed by atoms with Gasteiger partial charge in [0.25, 0.3) is 0 Å². The quantitative estimate of drug-likeness (QED) is 0.872. The van der Waals surface area contributed by atoms with Crippen molar-refractivity contribution in [2.24, 2.45) is 0 Å². The monoisotopic (exact) mass is 324 g/mol. The second-order valence-corrected chi connectivity index (χ2v) is 5.25. The SMILES string of the molecule is CC(=O)N(C)c1c(C)cccc1Nc1nc(Cl)ncc1Cl. The lowest BCUT2D eigenvalue weighted by atomic mass is 10.1. The van der Waals surface area contributed by atoms with E-state index in [1.54, 1.807) is 11.9 Å². The molecule has 1 amide bonds. The molecule has 1 aromatic carbocycles. The highest BCUT2D eigenvalue weighted by Crippen LogP contribution is 2.33. The Kier molecular flexibility index (Phi) is 4.65. The minimum Gasteiger partial charge on any atom is -0.337 e. The maximum atomic E-state index is 11.6. The number of nitrogens with zero attached hydrogens (tertiary/aromatic N) is 3. The number of nitrogens with one attached hydrogen (secondary N) is 1. The van der Waals surface area contributed by atoms with E-state index >= 15 is 0 Å². The van der Waals surface area contributed by atoms with E-state index in [0.29, 0.717) is 16.5 Å². The van der Waals surface area contributed by atoms with Crippen LogP contribution in [0.4, 0.5) is 17.2 Å². The Labute approximate surface area is 132 Å². The molecule has 0 bridgehead atoms. The predicted octanol–water partition coefficient (Wildman–Crippen LogP) is 3.82. The number of amides is 1. The van der Waals surface area contributed by atoms with E-state index in [2.05, 4.69) is 15.3 Å². The molecule has 0 saturated heterocycles. The summed E-state index contributed by atoms with van der Waals surface area (Å²) in [4.78, 5) is 21.1. The van der Waals surface area contributed by atoms with E-state index in [0.717, 1.165) is 11.3 Å². The molecule has 0 aliphatic heterocycles. The lowest BCUT2D eigenvalue weighted by Gasteiger charge is -2.22. The lowest BCUT2D eigenvalue weighted by Crippen LogP contribution is -2.24. The Morgan fingerprint density at radius 1 is 1.33 bits per heavy atom. The standard InChI is InChI=1S/C14H14Cl2N4O/c1-8-5-4-6-11(12(8)20(3)9(2)21)18-13-10(15)7-17-14(16)19-13/h4-7H,1-3H3,(H,17,18,19). The summed E-state index contributed by atoms with van der Waals surface area (Å²) in [6.45, 7) is 3.43. The molecule has 21 heavy (non-hydrogen) atoms. The molecule has 2 aromatic rings. The van der Waals surface area contributed by atoms with Gasteiger partial charge in [-0.2, -0.15) is 4.98 Å². The second kappa shape index (κ2) is 6.28. The zero-order chi connectivity index (χ0) is 15.6. The minimum absolute atomic E-state index is 0.0702. The van der Waals surface area contributed by atoms with Gasteiger partial charge >= 0.3 is 0 Å². The summed E-state index contributed by atoms with van der Waals surface area (Å²) in [7, 11) is 1.71. The van der Waals surface area contributed by atoms with Crippen molar-refractivity contribution in [3.63, 3.8) is 0 Å². The van der Waals surface area contributed by atoms with E-state index in [9.17, 15) is 4.79 Å². The third kappa shape index (κ3) is 3.43. The summed E-state index contributed by atoms with van der Waals surface area (Å²) in [5, 5.41) is 3.54. The van der Waals surface area contributed by atoms with Crippen molar-refractivity contribution in [1.82, 2.24) is 9.97 Å². The van der Waals surface area contributed by atoms with Crippen LogP contribution < -0.4 is 10.2 Å². The van der Waals surface area contributed by atoms with Gasteiger partial charge in [-0.15, -0.1) is 0 Å². The molecule has 0 radical (unpaired) electrons. The number of carbonyl (C=O) groups is 1. The number of anilines is 3. The van der Waals surface area contributed by atoms with Crippen molar-refractivity contribution in [3.05, 3.63) is 40.3 Å². The van der Waals surface area contributed by atoms with Gasteiger partial charge in [-0.25, -0.2) is 4.98 Å². The topological polar surface area (TPSA) is 58.1 Å². The van der Waals surface area contributed by atoms with Gasteiger partial charge in [0.05, 0.1) is 17.6 Å². The molecular weight excluding hydrogens is 311 g/mol. The molecule has 1 heterocycles. The van der Waals surface area contributed by atoms with E-state index in [1.807, 2.05) is 25.1 Å². The van der Waals surface area contributed by atoms with Crippen molar-refractivity contribution in [2.75, 3.05) is 17.3 Å². The molecule has 0 unspecified atom stereocenters. The molecule has 110 valence electrons.